The fourth-order valence-corrected chi connectivity index (χ4v) is 2.86. The van der Waals surface area contributed by atoms with Crippen LogP contribution in [-0.2, 0) is 6.54 Å². The van der Waals surface area contributed by atoms with Gasteiger partial charge in [-0.05, 0) is 43.8 Å². The summed E-state index contributed by atoms with van der Waals surface area (Å²) in [7, 11) is 2.09. The Morgan fingerprint density at radius 1 is 1.25 bits per heavy atom. The van der Waals surface area contributed by atoms with E-state index in [4.69, 9.17) is 17.3 Å². The van der Waals surface area contributed by atoms with Crippen LogP contribution in [0.2, 0.25) is 5.02 Å². The first-order chi connectivity index (χ1) is 9.49. The zero-order valence-electron chi connectivity index (χ0n) is 11.6. The van der Waals surface area contributed by atoms with E-state index in [9.17, 15) is 0 Å². The highest BCUT2D eigenvalue weighted by Gasteiger charge is 2.14. The molecule has 0 aromatic heterocycles. The molecule has 2 aromatic rings. The Balaban J connectivity index is 2.17. The third-order valence-corrected chi connectivity index (χ3v) is 4.53. The first kappa shape index (κ1) is 15.4. The summed E-state index contributed by atoms with van der Waals surface area (Å²) in [6.45, 7) is 2.94. The predicted octanol–water partition coefficient (Wildman–Crippen LogP) is 4.88. The fraction of sp³-hybridized carbons (Fsp3) is 0.250. The minimum atomic E-state index is 0.264. The van der Waals surface area contributed by atoms with E-state index in [1.165, 1.54) is 5.56 Å². The summed E-state index contributed by atoms with van der Waals surface area (Å²) in [5.41, 5.74) is 9.18. The molecule has 0 saturated carbocycles. The zero-order chi connectivity index (χ0) is 14.7. The second-order valence-electron chi connectivity index (χ2n) is 4.95. The summed E-state index contributed by atoms with van der Waals surface area (Å²) < 4.78 is 1.04. The van der Waals surface area contributed by atoms with Gasteiger partial charge in [0, 0.05) is 33.3 Å². The normalized spacial score (nSPS) is 12.7. The number of nitrogens with zero attached hydrogens (tertiary/aromatic N) is 1. The van der Waals surface area contributed by atoms with Crippen molar-refractivity contribution in [3.8, 4) is 0 Å². The van der Waals surface area contributed by atoms with E-state index < -0.39 is 0 Å². The minimum absolute atomic E-state index is 0.264. The van der Waals surface area contributed by atoms with Crippen LogP contribution in [0.15, 0.2) is 46.9 Å². The van der Waals surface area contributed by atoms with Gasteiger partial charge in [-0.25, -0.2) is 0 Å². The molecule has 2 aromatic carbocycles. The highest BCUT2D eigenvalue weighted by Crippen LogP contribution is 2.28. The molecule has 106 valence electrons. The topological polar surface area (TPSA) is 29.3 Å². The maximum Gasteiger partial charge on any atom is 0.0409 e. The van der Waals surface area contributed by atoms with Crippen LogP contribution in [0.3, 0.4) is 0 Å². The molecule has 2 nitrogen and oxygen atoms in total. The van der Waals surface area contributed by atoms with E-state index in [-0.39, 0.29) is 6.04 Å². The lowest BCUT2D eigenvalue weighted by Crippen LogP contribution is -2.22. The molecule has 0 fully saturated rings. The van der Waals surface area contributed by atoms with Crippen LogP contribution in [0.5, 0.6) is 0 Å². The maximum atomic E-state index is 6.06. The highest BCUT2D eigenvalue weighted by molar-refractivity contribution is 9.10. The van der Waals surface area contributed by atoms with E-state index in [1.54, 1.807) is 0 Å². The van der Waals surface area contributed by atoms with Gasteiger partial charge in [-0.2, -0.15) is 0 Å². The van der Waals surface area contributed by atoms with Gasteiger partial charge < -0.3 is 5.73 Å². The van der Waals surface area contributed by atoms with Gasteiger partial charge >= 0.3 is 0 Å². The van der Waals surface area contributed by atoms with Crippen LogP contribution in [0.4, 0.5) is 5.69 Å². The molecular weight excluding hydrogens is 336 g/mol. The van der Waals surface area contributed by atoms with Gasteiger partial charge in [0.2, 0.25) is 0 Å². The molecule has 0 spiro atoms. The van der Waals surface area contributed by atoms with Gasteiger partial charge in [-0.15, -0.1) is 0 Å². The molecule has 1 atom stereocenters. The van der Waals surface area contributed by atoms with E-state index in [2.05, 4.69) is 40.9 Å². The largest absolute Gasteiger partial charge is 0.398 e. The predicted molar refractivity (Wildman–Crippen MR) is 89.9 cm³/mol. The number of rotatable bonds is 4. The second-order valence-corrected chi connectivity index (χ2v) is 6.24. The summed E-state index contributed by atoms with van der Waals surface area (Å²) in [6.07, 6.45) is 0. The molecule has 0 radical (unpaired) electrons. The first-order valence-electron chi connectivity index (χ1n) is 6.47. The van der Waals surface area contributed by atoms with Gasteiger partial charge in [0.1, 0.15) is 0 Å². The average molecular weight is 354 g/mol. The number of hydrogen-bond donors (Lipinski definition) is 1. The van der Waals surface area contributed by atoms with Crippen molar-refractivity contribution >= 4 is 33.2 Å². The van der Waals surface area contributed by atoms with Crippen molar-refractivity contribution in [2.24, 2.45) is 0 Å². The average Bonchev–Trinajstić information content (AvgIpc) is 2.42. The fourth-order valence-electron chi connectivity index (χ4n) is 2.15. The monoisotopic (exact) mass is 352 g/mol. The summed E-state index contributed by atoms with van der Waals surface area (Å²) in [5, 5.41) is 0.767. The summed E-state index contributed by atoms with van der Waals surface area (Å²) in [6, 6.07) is 14.1. The van der Waals surface area contributed by atoms with Crippen LogP contribution >= 0.6 is 27.5 Å². The second kappa shape index (κ2) is 6.61. The van der Waals surface area contributed by atoms with Gasteiger partial charge in [0.25, 0.3) is 0 Å². The Morgan fingerprint density at radius 3 is 2.60 bits per heavy atom. The molecule has 0 saturated heterocycles. The van der Waals surface area contributed by atoms with E-state index in [1.807, 2.05) is 36.4 Å². The van der Waals surface area contributed by atoms with E-state index in [0.717, 1.165) is 27.3 Å². The number of nitrogens with two attached hydrogens (primary N) is 1. The Labute approximate surface area is 133 Å². The zero-order valence-corrected chi connectivity index (χ0v) is 13.9. The van der Waals surface area contributed by atoms with E-state index in [0.29, 0.717) is 0 Å². The van der Waals surface area contributed by atoms with Gasteiger partial charge in [0.15, 0.2) is 0 Å². The molecule has 0 aliphatic carbocycles. The Bertz CT molecular complexity index is 581. The number of halogens is 2. The standard InChI is InChI=1S/C16H18BrClN2/c1-11(12-5-3-6-13(18)9-12)20(2)10-14-15(17)7-4-8-16(14)19/h3-9,11H,10,19H2,1-2H3. The van der Waals surface area contributed by atoms with Gasteiger partial charge in [0.05, 0.1) is 0 Å². The van der Waals surface area contributed by atoms with Gasteiger partial charge in [-0.3, -0.25) is 4.90 Å². The Hall–Kier alpha value is -1.03. The first-order valence-corrected chi connectivity index (χ1v) is 7.64. The molecule has 4 heteroatoms. The molecular formula is C16H18BrClN2. The van der Waals surface area contributed by atoms with Crippen LogP contribution in [0.1, 0.15) is 24.1 Å². The lowest BCUT2D eigenvalue weighted by molar-refractivity contribution is 0.253. The van der Waals surface area contributed by atoms with Crippen LogP contribution < -0.4 is 5.73 Å². The summed E-state index contributed by atoms with van der Waals surface area (Å²) in [5.74, 6) is 0. The molecule has 2 rings (SSSR count). The molecule has 2 N–H and O–H groups in total. The molecule has 1 unspecified atom stereocenters. The number of benzene rings is 2. The Morgan fingerprint density at radius 2 is 1.95 bits per heavy atom. The molecule has 0 aliphatic heterocycles. The maximum absolute atomic E-state index is 6.06. The van der Waals surface area contributed by atoms with Crippen molar-refractivity contribution in [2.75, 3.05) is 12.8 Å². The summed E-state index contributed by atoms with van der Waals surface area (Å²) in [4.78, 5) is 2.25. The number of hydrogen-bond acceptors (Lipinski definition) is 2. The molecule has 0 bridgehead atoms. The Kier molecular flexibility index (Phi) is 5.08. The lowest BCUT2D eigenvalue weighted by Gasteiger charge is -2.26. The third kappa shape index (κ3) is 3.54. The third-order valence-electron chi connectivity index (χ3n) is 3.55. The molecule has 0 amide bonds. The lowest BCUT2D eigenvalue weighted by atomic mass is 10.1. The van der Waals surface area contributed by atoms with Crippen LogP contribution in [0, 0.1) is 0 Å². The van der Waals surface area contributed by atoms with Crippen LogP contribution in [-0.4, -0.2) is 11.9 Å². The van der Waals surface area contributed by atoms with Gasteiger partial charge in [-0.1, -0.05) is 45.7 Å². The molecule has 20 heavy (non-hydrogen) atoms. The van der Waals surface area contributed by atoms with Crippen molar-refractivity contribution < 1.29 is 0 Å². The molecule has 0 heterocycles. The van der Waals surface area contributed by atoms with Crippen molar-refractivity contribution in [2.45, 2.75) is 19.5 Å². The molecule has 0 aliphatic rings. The van der Waals surface area contributed by atoms with Crippen LogP contribution in [0.25, 0.3) is 0 Å². The van der Waals surface area contributed by atoms with Crippen molar-refractivity contribution in [3.05, 3.63) is 63.1 Å². The van der Waals surface area contributed by atoms with Crippen molar-refractivity contribution in [1.82, 2.24) is 4.90 Å². The summed E-state index contributed by atoms with van der Waals surface area (Å²) >= 11 is 9.62. The highest BCUT2D eigenvalue weighted by atomic mass is 79.9. The number of anilines is 1. The quantitative estimate of drug-likeness (QED) is 0.794. The number of nitrogen functional groups attached to an aromatic ring is 1. The SMILES string of the molecule is CC(c1cccc(Cl)c1)N(C)Cc1c(N)cccc1Br. The van der Waals surface area contributed by atoms with Crippen molar-refractivity contribution in [1.29, 1.82) is 0 Å². The smallest absolute Gasteiger partial charge is 0.0409 e. The van der Waals surface area contributed by atoms with Crippen molar-refractivity contribution in [3.63, 3.8) is 0 Å². The minimum Gasteiger partial charge on any atom is -0.398 e. The van der Waals surface area contributed by atoms with E-state index >= 15 is 0 Å².